The lowest BCUT2D eigenvalue weighted by molar-refractivity contribution is -0.132. The molecule has 0 spiro atoms. The first-order valence-corrected chi connectivity index (χ1v) is 8.95. The van der Waals surface area contributed by atoms with Crippen molar-refractivity contribution in [2.24, 2.45) is 5.92 Å². The molecule has 2 heterocycles. The Labute approximate surface area is 123 Å². The van der Waals surface area contributed by atoms with E-state index in [1.54, 1.807) is 11.3 Å². The molecule has 0 N–H and O–H groups in total. The molecule has 1 amide bonds. The van der Waals surface area contributed by atoms with Gasteiger partial charge in [-0.25, -0.2) is 4.98 Å². The van der Waals surface area contributed by atoms with Crippen molar-refractivity contribution < 1.29 is 4.79 Å². The molecular weight excluding hydrogens is 276 g/mol. The lowest BCUT2D eigenvalue weighted by atomic mass is 9.99. The first-order valence-electron chi connectivity index (χ1n) is 6.91. The number of amides is 1. The van der Waals surface area contributed by atoms with Crippen molar-refractivity contribution in [1.82, 2.24) is 9.88 Å². The van der Waals surface area contributed by atoms with Crippen LogP contribution >= 0.6 is 23.1 Å². The van der Waals surface area contributed by atoms with Gasteiger partial charge in [0.2, 0.25) is 5.91 Å². The van der Waals surface area contributed by atoms with Crippen LogP contribution in [0.25, 0.3) is 0 Å². The minimum absolute atomic E-state index is 0.328. The molecule has 106 valence electrons. The second-order valence-corrected chi connectivity index (χ2v) is 7.39. The van der Waals surface area contributed by atoms with E-state index < -0.39 is 0 Å². The van der Waals surface area contributed by atoms with E-state index in [2.05, 4.69) is 17.3 Å². The van der Waals surface area contributed by atoms with Crippen LogP contribution in [-0.4, -0.2) is 34.6 Å². The van der Waals surface area contributed by atoms with Gasteiger partial charge in [0.25, 0.3) is 0 Å². The number of aryl methyl sites for hydroxylation is 1. The summed E-state index contributed by atoms with van der Waals surface area (Å²) in [5, 5.41) is 3.23. The topological polar surface area (TPSA) is 33.2 Å². The highest BCUT2D eigenvalue weighted by Crippen LogP contribution is 2.19. The second kappa shape index (κ2) is 7.29. The number of piperidine rings is 1. The van der Waals surface area contributed by atoms with Crippen molar-refractivity contribution in [1.29, 1.82) is 0 Å². The van der Waals surface area contributed by atoms with Crippen LogP contribution in [0, 0.1) is 12.8 Å². The van der Waals surface area contributed by atoms with Gasteiger partial charge in [0.1, 0.15) is 0 Å². The van der Waals surface area contributed by atoms with E-state index in [0.29, 0.717) is 12.3 Å². The fourth-order valence-corrected chi connectivity index (χ4v) is 3.77. The molecule has 1 aliphatic rings. The number of likely N-dealkylation sites (tertiary alicyclic amines) is 1. The van der Waals surface area contributed by atoms with E-state index in [1.807, 2.05) is 23.6 Å². The molecule has 3 nitrogen and oxygen atoms in total. The molecule has 0 aromatic carbocycles. The van der Waals surface area contributed by atoms with Crippen LogP contribution in [0.2, 0.25) is 0 Å². The molecule has 19 heavy (non-hydrogen) atoms. The van der Waals surface area contributed by atoms with Gasteiger partial charge in [0, 0.05) is 36.4 Å². The van der Waals surface area contributed by atoms with Gasteiger partial charge in [-0.05, 0) is 25.7 Å². The molecule has 0 unspecified atom stereocenters. The van der Waals surface area contributed by atoms with Crippen LogP contribution in [0.15, 0.2) is 5.38 Å². The van der Waals surface area contributed by atoms with Gasteiger partial charge in [-0.3, -0.25) is 4.79 Å². The Morgan fingerprint density at radius 1 is 1.53 bits per heavy atom. The minimum Gasteiger partial charge on any atom is -0.343 e. The van der Waals surface area contributed by atoms with Crippen LogP contribution < -0.4 is 0 Å². The lowest BCUT2D eigenvalue weighted by Crippen LogP contribution is -2.38. The third-order valence-electron chi connectivity index (χ3n) is 3.51. The maximum Gasteiger partial charge on any atom is 0.223 e. The normalized spacial score (nSPS) is 16.8. The molecule has 1 aromatic rings. The summed E-state index contributed by atoms with van der Waals surface area (Å²) in [4.78, 5) is 18.5. The zero-order valence-corrected chi connectivity index (χ0v) is 13.4. The van der Waals surface area contributed by atoms with E-state index in [-0.39, 0.29) is 0 Å². The third-order valence-corrected chi connectivity index (χ3v) is 5.33. The number of carbonyl (C=O) groups is 1. The van der Waals surface area contributed by atoms with Gasteiger partial charge in [-0.1, -0.05) is 6.92 Å². The summed E-state index contributed by atoms with van der Waals surface area (Å²) in [7, 11) is 0. The Hall–Kier alpha value is -0.550. The highest BCUT2D eigenvalue weighted by Gasteiger charge is 2.19. The van der Waals surface area contributed by atoms with Crippen molar-refractivity contribution in [2.45, 2.75) is 38.9 Å². The van der Waals surface area contributed by atoms with Crippen molar-refractivity contribution in [3.8, 4) is 0 Å². The van der Waals surface area contributed by atoms with E-state index >= 15 is 0 Å². The molecule has 0 bridgehead atoms. The molecule has 0 radical (unpaired) electrons. The molecule has 1 saturated heterocycles. The zero-order valence-electron chi connectivity index (χ0n) is 11.7. The molecule has 1 fully saturated rings. The number of thioether (sulfide) groups is 1. The highest BCUT2D eigenvalue weighted by molar-refractivity contribution is 7.98. The number of nitrogens with zero attached hydrogens (tertiary/aromatic N) is 2. The Kier molecular flexibility index (Phi) is 5.70. The second-order valence-electron chi connectivity index (χ2n) is 5.22. The summed E-state index contributed by atoms with van der Waals surface area (Å²) >= 11 is 3.50. The van der Waals surface area contributed by atoms with Crippen LogP contribution in [0.1, 0.15) is 36.9 Å². The van der Waals surface area contributed by atoms with Gasteiger partial charge in [-0.15, -0.1) is 11.3 Å². The summed E-state index contributed by atoms with van der Waals surface area (Å²) < 4.78 is 0. The molecule has 0 aliphatic carbocycles. The Bertz CT molecular complexity index is 411. The van der Waals surface area contributed by atoms with Gasteiger partial charge in [-0.2, -0.15) is 11.8 Å². The van der Waals surface area contributed by atoms with E-state index in [0.717, 1.165) is 54.1 Å². The summed E-state index contributed by atoms with van der Waals surface area (Å²) in [6.07, 6.45) is 3.00. The summed E-state index contributed by atoms with van der Waals surface area (Å²) in [5.74, 6) is 2.94. The summed E-state index contributed by atoms with van der Waals surface area (Å²) in [5.41, 5.74) is 1.15. The Morgan fingerprint density at radius 2 is 2.26 bits per heavy atom. The quantitative estimate of drug-likeness (QED) is 0.782. The van der Waals surface area contributed by atoms with E-state index in [1.165, 1.54) is 0 Å². The van der Waals surface area contributed by atoms with Crippen LogP contribution in [-0.2, 0) is 10.5 Å². The smallest absolute Gasteiger partial charge is 0.223 e. The Balaban J connectivity index is 1.61. The molecular formula is C14H22N2OS2. The first-order chi connectivity index (χ1) is 9.15. The van der Waals surface area contributed by atoms with Crippen LogP contribution in [0.3, 0.4) is 0 Å². The third kappa shape index (κ3) is 4.80. The number of aromatic nitrogens is 1. The average Bonchev–Trinajstić information content (AvgIpc) is 2.81. The van der Waals surface area contributed by atoms with Gasteiger partial charge in [0.15, 0.2) is 0 Å². The summed E-state index contributed by atoms with van der Waals surface area (Å²) in [6.45, 7) is 6.21. The number of thiazole rings is 1. The standard InChI is InChI=1S/C14H22N2OS2/c1-11-3-6-16(7-4-11)14(17)5-8-18-9-13-10-19-12(2)15-13/h10-11H,3-9H2,1-2H3. The molecule has 0 atom stereocenters. The Morgan fingerprint density at radius 3 is 2.89 bits per heavy atom. The van der Waals surface area contributed by atoms with E-state index in [4.69, 9.17) is 0 Å². The predicted molar refractivity (Wildman–Crippen MR) is 82.6 cm³/mol. The fraction of sp³-hybridized carbons (Fsp3) is 0.714. The first kappa shape index (κ1) is 14.9. The summed E-state index contributed by atoms with van der Waals surface area (Å²) in [6, 6.07) is 0. The SMILES string of the molecule is Cc1nc(CSCCC(=O)N2CCC(C)CC2)cs1. The highest BCUT2D eigenvalue weighted by atomic mass is 32.2. The maximum atomic E-state index is 12.0. The number of rotatable bonds is 5. The number of carbonyl (C=O) groups excluding carboxylic acids is 1. The average molecular weight is 298 g/mol. The number of hydrogen-bond acceptors (Lipinski definition) is 4. The molecule has 2 rings (SSSR count). The predicted octanol–water partition coefficient (Wildman–Crippen LogP) is 3.33. The molecule has 1 aromatic heterocycles. The maximum absolute atomic E-state index is 12.0. The van der Waals surface area contributed by atoms with Crippen molar-refractivity contribution >= 4 is 29.0 Å². The zero-order chi connectivity index (χ0) is 13.7. The lowest BCUT2D eigenvalue weighted by Gasteiger charge is -2.30. The minimum atomic E-state index is 0.328. The molecule has 1 aliphatic heterocycles. The van der Waals surface area contributed by atoms with Crippen LogP contribution in [0.4, 0.5) is 0 Å². The van der Waals surface area contributed by atoms with Crippen molar-refractivity contribution in [3.05, 3.63) is 16.1 Å². The van der Waals surface area contributed by atoms with Gasteiger partial charge >= 0.3 is 0 Å². The van der Waals surface area contributed by atoms with E-state index in [9.17, 15) is 4.79 Å². The molecule has 5 heteroatoms. The number of hydrogen-bond donors (Lipinski definition) is 0. The van der Waals surface area contributed by atoms with Crippen LogP contribution in [0.5, 0.6) is 0 Å². The van der Waals surface area contributed by atoms with Gasteiger partial charge < -0.3 is 4.90 Å². The van der Waals surface area contributed by atoms with Crippen molar-refractivity contribution in [2.75, 3.05) is 18.8 Å². The van der Waals surface area contributed by atoms with Gasteiger partial charge in [0.05, 0.1) is 10.7 Å². The fourth-order valence-electron chi connectivity index (χ4n) is 2.23. The largest absolute Gasteiger partial charge is 0.343 e. The monoisotopic (exact) mass is 298 g/mol. The molecule has 0 saturated carbocycles. The van der Waals surface area contributed by atoms with Crippen molar-refractivity contribution in [3.63, 3.8) is 0 Å².